The number of amides is 1. The lowest BCUT2D eigenvalue weighted by atomic mass is 9.97. The van der Waals surface area contributed by atoms with Crippen LogP contribution in [0.25, 0.3) is 11.3 Å². The van der Waals surface area contributed by atoms with Gasteiger partial charge in [-0.3, -0.25) is 20.2 Å². The van der Waals surface area contributed by atoms with Crippen molar-refractivity contribution in [3.05, 3.63) is 75.2 Å². The van der Waals surface area contributed by atoms with E-state index in [9.17, 15) is 14.9 Å². The Hall–Kier alpha value is -3.06. The van der Waals surface area contributed by atoms with Crippen LogP contribution in [0.1, 0.15) is 42.1 Å². The molecule has 0 spiro atoms. The zero-order chi connectivity index (χ0) is 19.4. The van der Waals surface area contributed by atoms with Gasteiger partial charge in [-0.1, -0.05) is 44.2 Å². The molecule has 0 saturated heterocycles. The van der Waals surface area contributed by atoms with Crippen molar-refractivity contribution in [3.63, 3.8) is 0 Å². The molecule has 1 amide bonds. The number of hydrogen-bond donors (Lipinski definition) is 1. The Kier molecular flexibility index (Phi) is 5.61. The van der Waals surface area contributed by atoms with Crippen molar-refractivity contribution in [2.24, 2.45) is 0 Å². The van der Waals surface area contributed by atoms with Crippen LogP contribution in [0.3, 0.4) is 0 Å². The van der Waals surface area contributed by atoms with Gasteiger partial charge in [0.25, 0.3) is 11.6 Å². The van der Waals surface area contributed by atoms with Crippen LogP contribution < -0.4 is 5.32 Å². The van der Waals surface area contributed by atoms with Gasteiger partial charge in [-0.25, -0.2) is 4.98 Å². The number of benzene rings is 2. The predicted octanol–water partition coefficient (Wildman–Crippen LogP) is 5.48. The van der Waals surface area contributed by atoms with E-state index in [-0.39, 0.29) is 11.3 Å². The highest BCUT2D eigenvalue weighted by molar-refractivity contribution is 7.14. The molecule has 3 rings (SSSR count). The molecule has 138 valence electrons. The van der Waals surface area contributed by atoms with Crippen molar-refractivity contribution in [1.82, 2.24) is 4.98 Å². The molecule has 0 fully saturated rings. The molecule has 27 heavy (non-hydrogen) atoms. The second-order valence-electron chi connectivity index (χ2n) is 6.23. The maximum absolute atomic E-state index is 12.3. The first-order valence-corrected chi connectivity index (χ1v) is 9.47. The van der Waals surface area contributed by atoms with Crippen molar-refractivity contribution < 1.29 is 9.72 Å². The van der Waals surface area contributed by atoms with Crippen molar-refractivity contribution in [2.75, 3.05) is 5.32 Å². The minimum absolute atomic E-state index is 0.121. The van der Waals surface area contributed by atoms with Gasteiger partial charge in [0.1, 0.15) is 0 Å². The number of nitrogens with one attached hydrogen (secondary N) is 1. The number of nitro benzene ring substituents is 1. The first-order chi connectivity index (χ1) is 13.0. The fourth-order valence-corrected chi connectivity index (χ4v) is 3.33. The van der Waals surface area contributed by atoms with E-state index in [1.807, 2.05) is 17.5 Å². The van der Waals surface area contributed by atoms with E-state index in [1.54, 1.807) is 0 Å². The summed E-state index contributed by atoms with van der Waals surface area (Å²) in [4.78, 5) is 27.1. The molecular weight excluding hydrogens is 362 g/mol. The number of rotatable bonds is 6. The number of carbonyl (C=O) groups is 1. The highest BCUT2D eigenvalue weighted by Gasteiger charge is 2.14. The van der Waals surface area contributed by atoms with Crippen molar-refractivity contribution in [2.45, 2.75) is 26.2 Å². The summed E-state index contributed by atoms with van der Waals surface area (Å²) in [6.07, 6.45) is 1.09. The minimum Gasteiger partial charge on any atom is -0.298 e. The fraction of sp³-hybridized carbons (Fsp3) is 0.200. The molecule has 0 aliphatic carbocycles. The van der Waals surface area contributed by atoms with E-state index < -0.39 is 10.8 Å². The Morgan fingerprint density at radius 2 is 2.00 bits per heavy atom. The average Bonchev–Trinajstić information content (AvgIpc) is 3.16. The summed E-state index contributed by atoms with van der Waals surface area (Å²) in [7, 11) is 0. The SMILES string of the molecule is CC[C@@H](C)c1ccc(-c2csc(NC(=O)c3cccc([N+](=O)[O-])c3)n2)cc1. The molecule has 0 unspecified atom stereocenters. The lowest BCUT2D eigenvalue weighted by molar-refractivity contribution is -0.384. The number of non-ortho nitro benzene ring substituents is 1. The molecule has 2 aromatic carbocycles. The van der Waals surface area contributed by atoms with Gasteiger partial charge in [0.05, 0.1) is 10.6 Å². The summed E-state index contributed by atoms with van der Waals surface area (Å²) in [6, 6.07) is 13.9. The van der Waals surface area contributed by atoms with Gasteiger partial charge >= 0.3 is 0 Å². The average molecular weight is 381 g/mol. The molecule has 0 aliphatic rings. The van der Waals surface area contributed by atoms with Crippen LogP contribution in [0.15, 0.2) is 53.9 Å². The fourth-order valence-electron chi connectivity index (χ4n) is 2.61. The van der Waals surface area contributed by atoms with Gasteiger partial charge < -0.3 is 0 Å². The van der Waals surface area contributed by atoms with E-state index in [2.05, 4.69) is 36.3 Å². The maximum atomic E-state index is 12.3. The zero-order valence-electron chi connectivity index (χ0n) is 15.0. The molecule has 0 aliphatic heterocycles. The highest BCUT2D eigenvalue weighted by atomic mass is 32.1. The van der Waals surface area contributed by atoms with E-state index in [4.69, 9.17) is 0 Å². The van der Waals surface area contributed by atoms with Crippen LogP contribution in [-0.4, -0.2) is 15.8 Å². The first kappa shape index (κ1) is 18.7. The van der Waals surface area contributed by atoms with Gasteiger partial charge in [0.2, 0.25) is 0 Å². The Bertz CT molecular complexity index is 967. The largest absolute Gasteiger partial charge is 0.298 e. The standard InChI is InChI=1S/C20H19N3O3S/c1-3-13(2)14-7-9-15(10-8-14)18-12-27-20(21-18)22-19(24)16-5-4-6-17(11-16)23(25)26/h4-13H,3H2,1-2H3,(H,21,22,24)/t13-/m1/s1. The summed E-state index contributed by atoms with van der Waals surface area (Å²) in [5.74, 6) is 0.0889. The summed E-state index contributed by atoms with van der Waals surface area (Å²) in [5.41, 5.74) is 3.15. The molecule has 1 N–H and O–H groups in total. The molecule has 0 bridgehead atoms. The van der Waals surface area contributed by atoms with Crippen molar-refractivity contribution in [1.29, 1.82) is 0 Å². The maximum Gasteiger partial charge on any atom is 0.270 e. The molecule has 7 heteroatoms. The molecular formula is C20H19N3O3S. The second-order valence-corrected chi connectivity index (χ2v) is 7.09. The third-order valence-corrected chi connectivity index (χ3v) is 5.19. The lowest BCUT2D eigenvalue weighted by Crippen LogP contribution is -2.11. The number of hydrogen-bond acceptors (Lipinski definition) is 5. The number of aromatic nitrogens is 1. The first-order valence-electron chi connectivity index (χ1n) is 8.59. The molecule has 1 heterocycles. The van der Waals surface area contributed by atoms with Crippen molar-refractivity contribution in [3.8, 4) is 11.3 Å². The Morgan fingerprint density at radius 1 is 1.26 bits per heavy atom. The summed E-state index contributed by atoms with van der Waals surface area (Å²) < 4.78 is 0. The molecule has 3 aromatic rings. The second kappa shape index (κ2) is 8.09. The Balaban J connectivity index is 1.73. The number of nitro groups is 1. The van der Waals surface area contributed by atoms with Crippen molar-refractivity contribution >= 4 is 28.1 Å². The van der Waals surface area contributed by atoms with E-state index in [1.165, 1.54) is 41.2 Å². The number of carbonyl (C=O) groups excluding carboxylic acids is 1. The summed E-state index contributed by atoms with van der Waals surface area (Å²) >= 11 is 1.32. The van der Waals surface area contributed by atoms with Gasteiger partial charge in [0, 0.05) is 28.6 Å². The van der Waals surface area contributed by atoms with Crippen LogP contribution in [0.2, 0.25) is 0 Å². The number of nitrogens with zero attached hydrogens (tertiary/aromatic N) is 2. The number of thiazole rings is 1. The van der Waals surface area contributed by atoms with E-state index in [0.29, 0.717) is 11.0 Å². The third-order valence-electron chi connectivity index (χ3n) is 4.43. The Morgan fingerprint density at radius 3 is 2.67 bits per heavy atom. The molecule has 1 aromatic heterocycles. The quantitative estimate of drug-likeness (QED) is 0.452. The summed E-state index contributed by atoms with van der Waals surface area (Å²) in [5, 5.41) is 15.9. The molecule has 6 nitrogen and oxygen atoms in total. The normalized spacial score (nSPS) is 11.8. The Labute approximate surface area is 161 Å². The summed E-state index contributed by atoms with van der Waals surface area (Å²) in [6.45, 7) is 4.36. The van der Waals surface area contributed by atoms with Gasteiger partial charge in [-0.05, 0) is 24.0 Å². The topological polar surface area (TPSA) is 85.1 Å². The molecule has 0 saturated carbocycles. The van der Waals surface area contributed by atoms with Gasteiger partial charge in [0.15, 0.2) is 5.13 Å². The zero-order valence-corrected chi connectivity index (χ0v) is 15.8. The van der Waals surface area contributed by atoms with Crippen LogP contribution in [0, 0.1) is 10.1 Å². The smallest absolute Gasteiger partial charge is 0.270 e. The van der Waals surface area contributed by atoms with Gasteiger partial charge in [-0.15, -0.1) is 11.3 Å². The van der Waals surface area contributed by atoms with E-state index >= 15 is 0 Å². The minimum atomic E-state index is -0.526. The lowest BCUT2D eigenvalue weighted by Gasteiger charge is -2.08. The van der Waals surface area contributed by atoms with E-state index in [0.717, 1.165) is 17.7 Å². The monoisotopic (exact) mass is 381 g/mol. The predicted molar refractivity (Wildman–Crippen MR) is 107 cm³/mol. The van der Waals surface area contributed by atoms with Crippen LogP contribution in [0.4, 0.5) is 10.8 Å². The van der Waals surface area contributed by atoms with Crippen LogP contribution in [0.5, 0.6) is 0 Å². The van der Waals surface area contributed by atoms with Gasteiger partial charge in [-0.2, -0.15) is 0 Å². The number of anilines is 1. The van der Waals surface area contributed by atoms with Crippen LogP contribution >= 0.6 is 11.3 Å². The van der Waals surface area contributed by atoms with Crippen LogP contribution in [-0.2, 0) is 0 Å². The highest BCUT2D eigenvalue weighted by Crippen LogP contribution is 2.27. The third kappa shape index (κ3) is 4.38. The molecule has 0 radical (unpaired) electrons. The molecule has 1 atom stereocenters.